The summed E-state index contributed by atoms with van der Waals surface area (Å²) in [5.74, 6) is -3.28. The van der Waals surface area contributed by atoms with E-state index < -0.39 is 19.4 Å². The van der Waals surface area contributed by atoms with Crippen LogP contribution >= 0.6 is 7.60 Å². The van der Waals surface area contributed by atoms with Crippen molar-refractivity contribution in [3.05, 3.63) is 35.9 Å². The van der Waals surface area contributed by atoms with Gasteiger partial charge in [0.1, 0.15) is 0 Å². The van der Waals surface area contributed by atoms with Crippen LogP contribution in [0.2, 0.25) is 0 Å². The number of carbonyl (C=O) groups excluding carboxylic acids is 1. The smallest absolute Gasteiger partial charge is 0.364 e. The molecule has 1 unspecified atom stereocenters. The molecule has 0 heterocycles. The van der Waals surface area contributed by atoms with E-state index in [1.165, 1.54) is 5.56 Å². The number of carbonyl (C=O) groups is 1. The molecule has 1 atom stereocenters. The zero-order valence-corrected chi connectivity index (χ0v) is 14.5. The highest BCUT2D eigenvalue weighted by atomic mass is 31.2. The second-order valence-corrected chi connectivity index (χ2v) is 6.93. The average Bonchev–Trinajstić information content (AvgIpc) is 2.51. The molecule has 23 heavy (non-hydrogen) atoms. The van der Waals surface area contributed by atoms with Crippen LogP contribution in [0.3, 0.4) is 0 Å². The molecule has 6 nitrogen and oxygen atoms in total. The fourth-order valence-corrected chi connectivity index (χ4v) is 3.70. The van der Waals surface area contributed by atoms with Gasteiger partial charge in [0.2, 0.25) is 0 Å². The lowest BCUT2D eigenvalue weighted by atomic mass is 10.1. The number of aryl methyl sites for hydroxylation is 1. The van der Waals surface area contributed by atoms with Crippen molar-refractivity contribution in [2.24, 2.45) is 0 Å². The third kappa shape index (κ3) is 6.83. The maximum absolute atomic E-state index is 12.4. The highest BCUT2D eigenvalue weighted by Crippen LogP contribution is 2.53. The quantitative estimate of drug-likeness (QED) is 0.428. The standard InChI is InChI=1S/C16H25O6P/c1-3-21-23(19,22-4-2)16(15(17)18)20-13-9-8-12-14-10-6-5-7-11-14/h5-7,10-11,16H,3-4,8-9,12-13H2,1-2H3,(H,17,18)/p-1. The predicted molar refractivity (Wildman–Crippen MR) is 85.0 cm³/mol. The van der Waals surface area contributed by atoms with Crippen molar-refractivity contribution in [3.63, 3.8) is 0 Å². The molecule has 0 saturated carbocycles. The number of hydrogen-bond donors (Lipinski definition) is 0. The van der Waals surface area contributed by atoms with Gasteiger partial charge >= 0.3 is 7.60 Å². The van der Waals surface area contributed by atoms with E-state index >= 15 is 0 Å². The molecular weight excluding hydrogens is 319 g/mol. The number of aliphatic carboxylic acids is 1. The molecule has 130 valence electrons. The first kappa shape index (κ1) is 19.8. The van der Waals surface area contributed by atoms with E-state index in [0.29, 0.717) is 6.42 Å². The van der Waals surface area contributed by atoms with Crippen molar-refractivity contribution < 1.29 is 28.3 Å². The van der Waals surface area contributed by atoms with Gasteiger partial charge in [-0.05, 0) is 38.7 Å². The van der Waals surface area contributed by atoms with Gasteiger partial charge in [0.05, 0.1) is 19.2 Å². The van der Waals surface area contributed by atoms with Crippen molar-refractivity contribution in [2.75, 3.05) is 19.8 Å². The van der Waals surface area contributed by atoms with Crippen LogP contribution in [0.15, 0.2) is 30.3 Å². The Morgan fingerprint density at radius 2 is 1.74 bits per heavy atom. The van der Waals surface area contributed by atoms with E-state index in [1.807, 2.05) is 30.3 Å². The molecule has 1 aromatic rings. The van der Waals surface area contributed by atoms with Crippen molar-refractivity contribution in [1.82, 2.24) is 0 Å². The Bertz CT molecular complexity index is 495. The molecule has 0 spiro atoms. The average molecular weight is 343 g/mol. The van der Waals surface area contributed by atoms with Crippen LogP contribution in [0, 0.1) is 0 Å². The monoisotopic (exact) mass is 343 g/mol. The Morgan fingerprint density at radius 1 is 1.13 bits per heavy atom. The van der Waals surface area contributed by atoms with Crippen molar-refractivity contribution in [1.29, 1.82) is 0 Å². The third-order valence-electron chi connectivity index (χ3n) is 3.09. The van der Waals surface area contributed by atoms with Crippen LogP contribution in [0.4, 0.5) is 0 Å². The van der Waals surface area contributed by atoms with E-state index in [9.17, 15) is 14.5 Å². The molecule has 0 N–H and O–H groups in total. The number of ether oxygens (including phenoxy) is 1. The Balaban J connectivity index is 2.46. The molecule has 1 rings (SSSR count). The maximum atomic E-state index is 12.4. The minimum Gasteiger partial charge on any atom is -0.547 e. The maximum Gasteiger partial charge on any atom is 0.364 e. The summed E-state index contributed by atoms with van der Waals surface area (Å²) in [6, 6.07) is 9.96. The van der Waals surface area contributed by atoms with Crippen LogP contribution in [-0.4, -0.2) is 31.6 Å². The van der Waals surface area contributed by atoms with Crippen LogP contribution in [0.5, 0.6) is 0 Å². The summed E-state index contributed by atoms with van der Waals surface area (Å²) in [5.41, 5.74) is 1.21. The fourth-order valence-electron chi connectivity index (χ4n) is 2.09. The number of hydrogen-bond acceptors (Lipinski definition) is 6. The Hall–Kier alpha value is -1.20. The topological polar surface area (TPSA) is 84.9 Å². The molecule has 0 fully saturated rings. The minimum atomic E-state index is -3.88. The van der Waals surface area contributed by atoms with Crippen LogP contribution in [-0.2, 0) is 29.6 Å². The van der Waals surface area contributed by atoms with Gasteiger partial charge in [-0.1, -0.05) is 30.3 Å². The highest BCUT2D eigenvalue weighted by Gasteiger charge is 2.37. The van der Waals surface area contributed by atoms with Gasteiger partial charge in [0.25, 0.3) is 0 Å². The fraction of sp³-hybridized carbons (Fsp3) is 0.562. The molecule has 7 heteroatoms. The third-order valence-corrected chi connectivity index (χ3v) is 5.26. The van der Waals surface area contributed by atoms with Crippen LogP contribution in [0.1, 0.15) is 32.3 Å². The summed E-state index contributed by atoms with van der Waals surface area (Å²) >= 11 is 0. The van der Waals surface area contributed by atoms with Gasteiger partial charge in [0.15, 0.2) is 5.85 Å². The number of rotatable bonds is 12. The number of benzene rings is 1. The van der Waals surface area contributed by atoms with Gasteiger partial charge in [-0.2, -0.15) is 0 Å². The molecule has 0 bridgehead atoms. The minimum absolute atomic E-state index is 0.0679. The first-order valence-corrected chi connectivity index (χ1v) is 9.39. The van der Waals surface area contributed by atoms with Gasteiger partial charge in [0, 0.05) is 6.61 Å². The Labute approximate surface area is 137 Å². The molecule has 0 aliphatic carbocycles. The second-order valence-electron chi connectivity index (χ2n) is 4.86. The van der Waals surface area contributed by atoms with E-state index in [-0.39, 0.29) is 19.8 Å². The molecule has 0 amide bonds. The van der Waals surface area contributed by atoms with Crippen LogP contribution < -0.4 is 5.11 Å². The molecule has 0 aromatic heterocycles. The summed E-state index contributed by atoms with van der Waals surface area (Å²) in [6.07, 6.45) is 2.34. The van der Waals surface area contributed by atoms with Gasteiger partial charge in [-0.15, -0.1) is 0 Å². The van der Waals surface area contributed by atoms with Crippen molar-refractivity contribution in [3.8, 4) is 0 Å². The van der Waals surface area contributed by atoms with Gasteiger partial charge < -0.3 is 23.7 Å². The predicted octanol–water partition coefficient (Wildman–Crippen LogP) is 2.37. The molecule has 0 saturated heterocycles. The van der Waals surface area contributed by atoms with Crippen LogP contribution in [0.25, 0.3) is 0 Å². The largest absolute Gasteiger partial charge is 0.547 e. The van der Waals surface area contributed by atoms with Crippen molar-refractivity contribution in [2.45, 2.75) is 39.0 Å². The highest BCUT2D eigenvalue weighted by molar-refractivity contribution is 7.55. The first-order valence-electron chi connectivity index (χ1n) is 7.78. The van der Waals surface area contributed by atoms with E-state index in [0.717, 1.165) is 12.8 Å². The molecule has 0 aliphatic rings. The van der Waals surface area contributed by atoms with E-state index in [1.54, 1.807) is 13.8 Å². The normalized spacial score (nSPS) is 13.0. The SMILES string of the molecule is CCOP(=O)(OCC)C(OCCCCc1ccccc1)C(=O)[O-]. The molecule has 0 radical (unpaired) electrons. The lowest BCUT2D eigenvalue weighted by Crippen LogP contribution is -2.38. The van der Waals surface area contributed by atoms with Gasteiger partial charge in [-0.3, -0.25) is 4.57 Å². The first-order chi connectivity index (χ1) is 11.0. The van der Waals surface area contributed by atoms with E-state index in [4.69, 9.17) is 13.8 Å². The lowest BCUT2D eigenvalue weighted by Gasteiger charge is -2.26. The lowest BCUT2D eigenvalue weighted by molar-refractivity contribution is -0.313. The zero-order chi connectivity index (χ0) is 17.1. The van der Waals surface area contributed by atoms with Gasteiger partial charge in [-0.25, -0.2) is 0 Å². The molecule has 0 aliphatic heterocycles. The number of unbranched alkanes of at least 4 members (excludes halogenated alkanes) is 1. The van der Waals surface area contributed by atoms with Crippen molar-refractivity contribution >= 4 is 13.6 Å². The summed E-state index contributed by atoms with van der Waals surface area (Å²) in [5, 5.41) is 11.2. The summed E-state index contributed by atoms with van der Waals surface area (Å²) in [4.78, 5) is 11.2. The molecule has 1 aromatic carbocycles. The summed E-state index contributed by atoms with van der Waals surface area (Å²) in [7, 11) is -3.88. The number of carboxylic acid groups (broad SMARTS) is 1. The second kappa shape index (κ2) is 10.6. The number of carboxylic acids is 1. The summed E-state index contributed by atoms with van der Waals surface area (Å²) < 4.78 is 27.7. The Kier molecular flexibility index (Phi) is 9.10. The molecular formula is C16H24O6P-. The van der Waals surface area contributed by atoms with E-state index in [2.05, 4.69) is 0 Å². The Morgan fingerprint density at radius 3 is 2.26 bits per heavy atom. The zero-order valence-electron chi connectivity index (χ0n) is 13.6. The summed E-state index contributed by atoms with van der Waals surface area (Å²) in [6.45, 7) is 3.50.